The van der Waals surface area contributed by atoms with Gasteiger partial charge in [0.1, 0.15) is 15.7 Å². The topological polar surface area (TPSA) is 177 Å². The smallest absolute Gasteiger partial charge is 0.335 e. The van der Waals surface area contributed by atoms with Gasteiger partial charge in [0.05, 0.1) is 17.1 Å². The average molecular weight is 711 g/mol. The third kappa shape index (κ3) is 12.7. The van der Waals surface area contributed by atoms with Crippen LogP contribution in [0.5, 0.6) is 5.75 Å². The summed E-state index contributed by atoms with van der Waals surface area (Å²) >= 11 is 0.969. The molecular formula is C32H46N4O8S3. The molecule has 260 valence electrons. The van der Waals surface area contributed by atoms with Crippen molar-refractivity contribution in [2.45, 2.75) is 107 Å². The predicted molar refractivity (Wildman–Crippen MR) is 181 cm³/mol. The van der Waals surface area contributed by atoms with Crippen LogP contribution in [0.2, 0.25) is 0 Å². The molecule has 0 bridgehead atoms. The number of sulfonamides is 1. The van der Waals surface area contributed by atoms with Crippen molar-refractivity contribution in [3.8, 4) is 16.3 Å². The molecule has 0 aliphatic heterocycles. The van der Waals surface area contributed by atoms with Crippen molar-refractivity contribution in [2.75, 3.05) is 6.61 Å². The highest BCUT2D eigenvalue weighted by Crippen LogP contribution is 2.26. The maximum atomic E-state index is 13.3. The Morgan fingerprint density at radius 1 is 0.894 bits per heavy atom. The van der Waals surface area contributed by atoms with Crippen LogP contribution >= 0.6 is 11.3 Å². The van der Waals surface area contributed by atoms with Gasteiger partial charge in [-0.2, -0.15) is 26.8 Å². The van der Waals surface area contributed by atoms with Gasteiger partial charge in [-0.25, -0.2) is 9.48 Å². The van der Waals surface area contributed by atoms with Crippen LogP contribution in [-0.2, 0) is 27.2 Å². The Bertz CT molecular complexity index is 1730. The summed E-state index contributed by atoms with van der Waals surface area (Å²) in [7, 11) is -7.27. The first-order chi connectivity index (χ1) is 22.4. The SMILES string of the molecule is CCCCCCCCCCCCCCCCOc1ccc(C(=O)O)cc1S(=O)(=O)N/N=c1/sc(-c2cccc(S(=O)(=O)O)c2)nn1C. The number of aryl methyl sites for hydroxylation is 1. The van der Waals surface area contributed by atoms with Gasteiger partial charge in [0.2, 0.25) is 4.80 Å². The standard InChI is InChI=1S/C32H46N4O8S3/c1-3-4-5-6-7-8-9-10-11-12-13-14-15-16-22-44-28-21-20-26(31(37)38)24-29(28)46(39,40)35-33-32-36(2)34-30(45-32)25-18-17-19-27(23-25)47(41,42)43/h17-21,23-24,35H,3-16,22H2,1-2H3,(H,37,38)(H,41,42,43)/b33-32+. The van der Waals surface area contributed by atoms with E-state index in [1.54, 1.807) is 6.07 Å². The molecule has 0 saturated carbocycles. The van der Waals surface area contributed by atoms with Crippen LogP contribution in [0.15, 0.2) is 57.4 Å². The van der Waals surface area contributed by atoms with E-state index < -0.39 is 26.1 Å². The minimum atomic E-state index is -4.43. The number of hydrogen-bond donors (Lipinski definition) is 3. The van der Waals surface area contributed by atoms with Gasteiger partial charge >= 0.3 is 5.97 Å². The Kier molecular flexibility index (Phi) is 15.4. The van der Waals surface area contributed by atoms with Gasteiger partial charge in [0, 0.05) is 12.6 Å². The lowest BCUT2D eigenvalue weighted by molar-refractivity contribution is 0.0696. The third-order valence-electron chi connectivity index (χ3n) is 7.58. The predicted octanol–water partition coefficient (Wildman–Crippen LogP) is 6.75. The molecule has 0 atom stereocenters. The van der Waals surface area contributed by atoms with Crippen LogP contribution in [0.3, 0.4) is 0 Å². The molecule has 0 fully saturated rings. The first kappa shape index (κ1) is 38.2. The summed E-state index contributed by atoms with van der Waals surface area (Å²) in [5, 5.41) is 18.0. The average Bonchev–Trinajstić information content (AvgIpc) is 3.41. The second-order valence-electron chi connectivity index (χ2n) is 11.4. The van der Waals surface area contributed by atoms with Gasteiger partial charge in [-0.15, -0.1) is 5.10 Å². The number of hydrogen-bond acceptors (Lipinski definition) is 9. The first-order valence-electron chi connectivity index (χ1n) is 16.1. The summed E-state index contributed by atoms with van der Waals surface area (Å²) in [5.41, 5.74) is 0.150. The summed E-state index contributed by atoms with van der Waals surface area (Å²) < 4.78 is 66.1. The van der Waals surface area contributed by atoms with E-state index in [2.05, 4.69) is 22.0 Å². The Balaban J connectivity index is 1.55. The Hall–Kier alpha value is -3.27. The molecule has 1 aromatic heterocycles. The molecule has 3 rings (SSSR count). The Morgan fingerprint density at radius 2 is 1.49 bits per heavy atom. The molecule has 0 unspecified atom stereocenters. The summed E-state index contributed by atoms with van der Waals surface area (Å²) in [6.07, 6.45) is 17.0. The molecule has 0 amide bonds. The van der Waals surface area contributed by atoms with Crippen LogP contribution in [-0.4, -0.2) is 48.9 Å². The van der Waals surface area contributed by atoms with Crippen LogP contribution in [0.1, 0.15) is 107 Å². The largest absolute Gasteiger partial charge is 0.492 e. The van der Waals surface area contributed by atoms with Crippen molar-refractivity contribution in [3.05, 3.63) is 52.8 Å². The number of carboxylic acid groups (broad SMARTS) is 1. The molecule has 0 aliphatic rings. The van der Waals surface area contributed by atoms with Crippen LogP contribution in [0, 0.1) is 0 Å². The van der Waals surface area contributed by atoms with E-state index in [4.69, 9.17) is 4.74 Å². The van der Waals surface area contributed by atoms with E-state index in [0.29, 0.717) is 10.6 Å². The van der Waals surface area contributed by atoms with Crippen molar-refractivity contribution in [1.29, 1.82) is 0 Å². The molecule has 0 saturated heterocycles. The molecule has 0 aliphatic carbocycles. The fraction of sp³-hybridized carbons (Fsp3) is 0.531. The number of aromatic carboxylic acids is 1. The normalized spacial score (nSPS) is 12.4. The number of aromatic nitrogens is 2. The van der Waals surface area contributed by atoms with E-state index in [-0.39, 0.29) is 32.5 Å². The lowest BCUT2D eigenvalue weighted by atomic mass is 10.0. The fourth-order valence-corrected chi connectivity index (χ4v) is 7.36. The maximum Gasteiger partial charge on any atom is 0.335 e. The van der Waals surface area contributed by atoms with Gasteiger partial charge in [-0.1, -0.05) is 114 Å². The number of carboxylic acids is 1. The number of carbonyl (C=O) groups is 1. The number of nitrogens with zero attached hydrogens (tertiary/aromatic N) is 3. The number of benzene rings is 2. The highest BCUT2D eigenvalue weighted by atomic mass is 32.2. The molecule has 3 aromatic rings. The molecule has 3 N–H and O–H groups in total. The summed E-state index contributed by atoms with van der Waals surface area (Å²) in [6.45, 7) is 2.51. The molecule has 47 heavy (non-hydrogen) atoms. The molecule has 2 aromatic carbocycles. The number of nitrogens with one attached hydrogen (secondary N) is 1. The minimum Gasteiger partial charge on any atom is -0.492 e. The van der Waals surface area contributed by atoms with Crippen LogP contribution < -0.4 is 14.4 Å². The second-order valence-corrected chi connectivity index (χ2v) is 15.4. The molecular weight excluding hydrogens is 665 g/mol. The summed E-state index contributed by atoms with van der Waals surface area (Å²) in [4.78, 5) is 13.2. The molecule has 0 radical (unpaired) electrons. The zero-order chi connectivity index (χ0) is 34.3. The maximum absolute atomic E-state index is 13.3. The van der Waals surface area contributed by atoms with Gasteiger partial charge in [-0.3, -0.25) is 4.55 Å². The minimum absolute atomic E-state index is 0.0174. The van der Waals surface area contributed by atoms with Crippen molar-refractivity contribution in [3.63, 3.8) is 0 Å². The van der Waals surface area contributed by atoms with Crippen molar-refractivity contribution < 1.29 is 36.0 Å². The molecule has 0 spiro atoms. The fourth-order valence-electron chi connectivity index (χ4n) is 4.95. The zero-order valence-corrected chi connectivity index (χ0v) is 29.5. The van der Waals surface area contributed by atoms with Crippen molar-refractivity contribution >= 4 is 37.4 Å². The Labute approximate surface area is 281 Å². The van der Waals surface area contributed by atoms with E-state index in [1.807, 2.05) is 0 Å². The van der Waals surface area contributed by atoms with E-state index in [1.165, 1.54) is 106 Å². The number of ether oxygens (including phenoxy) is 1. The lowest BCUT2D eigenvalue weighted by Gasteiger charge is -2.12. The number of rotatable bonds is 22. The molecule has 1 heterocycles. The van der Waals surface area contributed by atoms with E-state index in [9.17, 15) is 31.3 Å². The molecule has 15 heteroatoms. The van der Waals surface area contributed by atoms with Crippen LogP contribution in [0.4, 0.5) is 0 Å². The highest BCUT2D eigenvalue weighted by Gasteiger charge is 2.22. The molecule has 12 nitrogen and oxygen atoms in total. The van der Waals surface area contributed by atoms with Gasteiger partial charge in [0.25, 0.3) is 20.1 Å². The zero-order valence-electron chi connectivity index (χ0n) is 27.1. The quantitative estimate of drug-likeness (QED) is 0.0578. The number of unbranched alkanes of at least 4 members (excludes halogenated alkanes) is 13. The lowest BCUT2D eigenvalue weighted by Crippen LogP contribution is -2.24. The first-order valence-corrected chi connectivity index (χ1v) is 19.8. The van der Waals surface area contributed by atoms with Gasteiger partial charge < -0.3 is 9.84 Å². The third-order valence-corrected chi connectivity index (χ3v) is 10.7. The van der Waals surface area contributed by atoms with Gasteiger partial charge in [-0.05, 0) is 36.8 Å². The second kappa shape index (κ2) is 18.9. The van der Waals surface area contributed by atoms with E-state index in [0.717, 1.165) is 43.1 Å². The van der Waals surface area contributed by atoms with Gasteiger partial charge in [0.15, 0.2) is 0 Å². The van der Waals surface area contributed by atoms with E-state index >= 15 is 0 Å². The Morgan fingerprint density at radius 3 is 2.06 bits per heavy atom. The van der Waals surface area contributed by atoms with Crippen LogP contribution in [0.25, 0.3) is 10.6 Å². The van der Waals surface area contributed by atoms with Crippen molar-refractivity contribution in [2.24, 2.45) is 12.1 Å². The monoisotopic (exact) mass is 710 g/mol. The summed E-state index contributed by atoms with van der Waals surface area (Å²) in [6, 6.07) is 9.14. The van der Waals surface area contributed by atoms with Crippen molar-refractivity contribution in [1.82, 2.24) is 14.6 Å². The highest BCUT2D eigenvalue weighted by molar-refractivity contribution is 7.89. The summed E-state index contributed by atoms with van der Waals surface area (Å²) in [5.74, 6) is -1.27.